The third-order valence-electron chi connectivity index (χ3n) is 1.86. The van der Waals surface area contributed by atoms with E-state index in [1.807, 2.05) is 0 Å². The van der Waals surface area contributed by atoms with Gasteiger partial charge in [-0.15, -0.1) is 0 Å². The molecule has 0 unspecified atom stereocenters. The standard InChI is InChI=1S/C10H8O3.Cr/c11-6-10(7-12,8-13)9-4-2-1-3-5-9;/h1-8H;. The van der Waals surface area contributed by atoms with E-state index in [2.05, 4.69) is 0 Å². The molecule has 1 aromatic carbocycles. The summed E-state index contributed by atoms with van der Waals surface area (Å²) in [4.78, 5) is 31.9. The van der Waals surface area contributed by atoms with Crippen LogP contribution in [0.15, 0.2) is 30.3 Å². The smallest absolute Gasteiger partial charge is 0.161 e. The number of rotatable bonds is 4. The fourth-order valence-electron chi connectivity index (χ4n) is 1.01. The molecule has 0 saturated carbocycles. The van der Waals surface area contributed by atoms with Crippen molar-refractivity contribution in [1.29, 1.82) is 0 Å². The largest absolute Gasteiger partial charge is 0.301 e. The summed E-state index contributed by atoms with van der Waals surface area (Å²) in [6.07, 6.45) is 1.05. The fourth-order valence-corrected chi connectivity index (χ4v) is 1.01. The number of hydrogen-bond acceptors (Lipinski definition) is 3. The molecule has 0 spiro atoms. The van der Waals surface area contributed by atoms with Crippen LogP contribution in [0.3, 0.4) is 0 Å². The molecule has 0 bridgehead atoms. The van der Waals surface area contributed by atoms with Crippen LogP contribution in [0, 0.1) is 0 Å². The molecule has 1 aromatic rings. The summed E-state index contributed by atoms with van der Waals surface area (Å²) in [6.45, 7) is 0. The zero-order valence-electron chi connectivity index (χ0n) is 7.25. The van der Waals surface area contributed by atoms with Crippen LogP contribution in [-0.2, 0) is 37.2 Å². The number of carbonyl (C=O) groups excluding carboxylic acids is 3. The molecular formula is C10H8CrO3. The van der Waals surface area contributed by atoms with Gasteiger partial charge in [-0.1, -0.05) is 30.3 Å². The first-order valence-corrected chi connectivity index (χ1v) is 3.73. The van der Waals surface area contributed by atoms with Gasteiger partial charge in [0.05, 0.1) is 0 Å². The summed E-state index contributed by atoms with van der Waals surface area (Å²) < 4.78 is 0. The normalized spacial score (nSPS) is 9.71. The van der Waals surface area contributed by atoms with Gasteiger partial charge in [0.2, 0.25) is 0 Å². The van der Waals surface area contributed by atoms with Crippen molar-refractivity contribution in [2.45, 2.75) is 5.41 Å². The molecular weight excluding hydrogens is 220 g/mol. The van der Waals surface area contributed by atoms with Crippen molar-refractivity contribution >= 4 is 18.9 Å². The van der Waals surface area contributed by atoms with Crippen molar-refractivity contribution in [3.05, 3.63) is 35.9 Å². The van der Waals surface area contributed by atoms with E-state index in [1.54, 1.807) is 30.3 Å². The van der Waals surface area contributed by atoms with Gasteiger partial charge in [0, 0.05) is 17.4 Å². The zero-order valence-corrected chi connectivity index (χ0v) is 8.53. The molecule has 0 aliphatic heterocycles. The van der Waals surface area contributed by atoms with Gasteiger partial charge in [0.25, 0.3) is 0 Å². The minimum Gasteiger partial charge on any atom is -0.301 e. The van der Waals surface area contributed by atoms with Gasteiger partial charge in [-0.2, -0.15) is 0 Å². The number of carbonyl (C=O) groups is 3. The average molecular weight is 228 g/mol. The molecule has 0 N–H and O–H groups in total. The van der Waals surface area contributed by atoms with Crippen LogP contribution in [0.2, 0.25) is 0 Å². The Kier molecular flexibility index (Phi) is 5.00. The fraction of sp³-hybridized carbons (Fsp3) is 0.100. The zero-order chi connectivity index (χ0) is 9.73. The molecule has 0 radical (unpaired) electrons. The molecule has 0 aromatic heterocycles. The van der Waals surface area contributed by atoms with Gasteiger partial charge in [-0.25, -0.2) is 0 Å². The monoisotopic (exact) mass is 228 g/mol. The van der Waals surface area contributed by atoms with Crippen molar-refractivity contribution in [3.8, 4) is 0 Å². The van der Waals surface area contributed by atoms with Crippen LogP contribution in [0.1, 0.15) is 5.56 Å². The summed E-state index contributed by atoms with van der Waals surface area (Å²) in [5, 5.41) is 0. The van der Waals surface area contributed by atoms with E-state index in [4.69, 9.17) is 0 Å². The Hall–Kier alpha value is -1.24. The second-order valence-electron chi connectivity index (χ2n) is 2.65. The third kappa shape index (κ3) is 2.17. The summed E-state index contributed by atoms with van der Waals surface area (Å²) in [6, 6.07) is 8.21. The van der Waals surface area contributed by atoms with Crippen LogP contribution in [0.4, 0.5) is 0 Å². The molecule has 0 aliphatic carbocycles. The number of hydrogen-bond donors (Lipinski definition) is 0. The maximum atomic E-state index is 10.6. The number of aldehydes is 3. The SMILES string of the molecule is O=CC(C=O)(C=O)c1ccccc1.[Cr]. The maximum Gasteiger partial charge on any atom is 0.161 e. The summed E-state index contributed by atoms with van der Waals surface area (Å²) >= 11 is 0. The molecule has 0 atom stereocenters. The molecule has 0 amide bonds. The second kappa shape index (κ2) is 5.48. The molecule has 0 saturated heterocycles. The van der Waals surface area contributed by atoms with Gasteiger partial charge in [0.15, 0.2) is 5.41 Å². The minimum atomic E-state index is -1.62. The van der Waals surface area contributed by atoms with Crippen LogP contribution >= 0.6 is 0 Å². The Labute approximate surface area is 92.2 Å². The van der Waals surface area contributed by atoms with Crippen LogP contribution in [0.25, 0.3) is 0 Å². The Balaban J connectivity index is 0.00000169. The van der Waals surface area contributed by atoms with E-state index in [-0.39, 0.29) is 17.4 Å². The number of benzene rings is 1. The van der Waals surface area contributed by atoms with Crippen molar-refractivity contribution in [1.82, 2.24) is 0 Å². The van der Waals surface area contributed by atoms with Gasteiger partial charge < -0.3 is 14.4 Å². The van der Waals surface area contributed by atoms with Crippen molar-refractivity contribution < 1.29 is 31.7 Å². The van der Waals surface area contributed by atoms with Crippen molar-refractivity contribution in [2.24, 2.45) is 0 Å². The van der Waals surface area contributed by atoms with Gasteiger partial charge in [-0.05, 0) is 5.56 Å². The molecule has 4 heteroatoms. The Bertz CT molecular complexity index is 300. The quantitative estimate of drug-likeness (QED) is 0.557. The van der Waals surface area contributed by atoms with Gasteiger partial charge >= 0.3 is 0 Å². The third-order valence-corrected chi connectivity index (χ3v) is 1.86. The van der Waals surface area contributed by atoms with E-state index in [0.717, 1.165) is 0 Å². The Morgan fingerprint density at radius 3 is 1.64 bits per heavy atom. The van der Waals surface area contributed by atoms with Gasteiger partial charge in [0.1, 0.15) is 18.9 Å². The van der Waals surface area contributed by atoms with Crippen molar-refractivity contribution in [3.63, 3.8) is 0 Å². The Morgan fingerprint density at radius 1 is 0.857 bits per heavy atom. The molecule has 1 rings (SSSR count). The van der Waals surface area contributed by atoms with E-state index in [1.165, 1.54) is 0 Å². The molecule has 3 nitrogen and oxygen atoms in total. The van der Waals surface area contributed by atoms with Crippen LogP contribution < -0.4 is 0 Å². The first-order valence-electron chi connectivity index (χ1n) is 3.73. The predicted octanol–water partition coefficient (Wildman–Crippen LogP) is 0.519. The summed E-state index contributed by atoms with van der Waals surface area (Å²) in [5.41, 5.74) is -1.23. The first kappa shape index (κ1) is 12.8. The van der Waals surface area contributed by atoms with E-state index < -0.39 is 5.41 Å². The molecule has 0 aliphatic rings. The van der Waals surface area contributed by atoms with E-state index in [9.17, 15) is 14.4 Å². The topological polar surface area (TPSA) is 51.2 Å². The average Bonchev–Trinajstić information content (AvgIpc) is 2.23. The van der Waals surface area contributed by atoms with E-state index in [0.29, 0.717) is 24.4 Å². The second-order valence-corrected chi connectivity index (χ2v) is 2.65. The van der Waals surface area contributed by atoms with Crippen LogP contribution in [0.5, 0.6) is 0 Å². The molecule has 0 fully saturated rings. The van der Waals surface area contributed by atoms with Crippen molar-refractivity contribution in [2.75, 3.05) is 0 Å². The van der Waals surface area contributed by atoms with Crippen LogP contribution in [-0.4, -0.2) is 18.9 Å². The van der Waals surface area contributed by atoms with E-state index >= 15 is 0 Å². The maximum absolute atomic E-state index is 10.6. The minimum absolute atomic E-state index is 0. The molecule has 0 heterocycles. The first-order chi connectivity index (χ1) is 6.29. The molecule has 14 heavy (non-hydrogen) atoms. The summed E-state index contributed by atoms with van der Waals surface area (Å²) in [5.74, 6) is 0. The predicted molar refractivity (Wildman–Crippen MR) is 46.3 cm³/mol. The van der Waals surface area contributed by atoms with Gasteiger partial charge in [-0.3, -0.25) is 0 Å². The Morgan fingerprint density at radius 2 is 1.29 bits per heavy atom. The summed E-state index contributed by atoms with van der Waals surface area (Å²) in [7, 11) is 0. The molecule has 72 valence electrons.